The molecule has 2 nitrogen and oxygen atoms in total. The minimum Gasteiger partial charge on any atom is -0.336 e. The molecule has 72 valence electrons. The first-order valence-corrected chi connectivity index (χ1v) is 4.53. The van der Waals surface area contributed by atoms with Gasteiger partial charge in [-0.3, -0.25) is 0 Å². The topological polar surface area (TPSA) is 27.0 Å². The predicted molar refractivity (Wildman–Crippen MR) is 58.8 cm³/mol. The molecule has 0 aliphatic carbocycles. The molecule has 0 fully saturated rings. The van der Waals surface area contributed by atoms with Gasteiger partial charge in [0.1, 0.15) is 11.8 Å². The number of allylic oxidation sites excluding steroid dienone is 2. The molecule has 0 aliphatic rings. The van der Waals surface area contributed by atoms with Gasteiger partial charge in [0.15, 0.2) is 0 Å². The number of benzene rings is 1. The maximum absolute atomic E-state index is 8.98. The number of rotatable bonds is 2. The summed E-state index contributed by atoms with van der Waals surface area (Å²) in [6.07, 6.45) is 0. The van der Waals surface area contributed by atoms with Gasteiger partial charge in [0.25, 0.3) is 0 Å². The monoisotopic (exact) mass is 186 g/mol. The zero-order valence-corrected chi connectivity index (χ0v) is 8.78. The highest BCUT2D eigenvalue weighted by Crippen LogP contribution is 2.17. The lowest BCUT2D eigenvalue weighted by molar-refractivity contribution is 1.10. The molecule has 14 heavy (non-hydrogen) atoms. The molecule has 0 heterocycles. The first kappa shape index (κ1) is 10.3. The highest BCUT2D eigenvalue weighted by atomic mass is 15.1. The summed E-state index contributed by atoms with van der Waals surface area (Å²) in [5.74, 6) is 0. The number of anilines is 1. The lowest BCUT2D eigenvalue weighted by Crippen LogP contribution is -2.16. The molecule has 1 aromatic carbocycles. The lowest BCUT2D eigenvalue weighted by atomic mass is 10.2. The summed E-state index contributed by atoms with van der Waals surface area (Å²) < 4.78 is 0. The van der Waals surface area contributed by atoms with Gasteiger partial charge in [-0.15, -0.1) is 0 Å². The van der Waals surface area contributed by atoms with Crippen LogP contribution in [0.1, 0.15) is 13.8 Å². The average Bonchev–Trinajstić information content (AvgIpc) is 2.19. The van der Waals surface area contributed by atoms with Gasteiger partial charge in [0.2, 0.25) is 0 Å². The van der Waals surface area contributed by atoms with Crippen molar-refractivity contribution in [2.45, 2.75) is 13.8 Å². The Hall–Kier alpha value is -1.75. The quantitative estimate of drug-likeness (QED) is 0.664. The molecule has 1 aromatic rings. The second-order valence-corrected chi connectivity index (χ2v) is 3.35. The zero-order valence-electron chi connectivity index (χ0n) is 8.78. The van der Waals surface area contributed by atoms with Gasteiger partial charge in [-0.1, -0.05) is 18.2 Å². The third-order valence-electron chi connectivity index (χ3n) is 2.06. The van der Waals surface area contributed by atoms with E-state index in [0.29, 0.717) is 5.70 Å². The van der Waals surface area contributed by atoms with Gasteiger partial charge in [0.05, 0.1) is 0 Å². The molecular formula is C12H14N2. The summed E-state index contributed by atoms with van der Waals surface area (Å²) in [6, 6.07) is 12.1. The van der Waals surface area contributed by atoms with E-state index in [4.69, 9.17) is 5.26 Å². The van der Waals surface area contributed by atoms with Crippen LogP contribution in [0.4, 0.5) is 5.69 Å². The van der Waals surface area contributed by atoms with Crippen LogP contribution in [0.15, 0.2) is 41.6 Å². The fraction of sp³-hybridized carbons (Fsp3) is 0.250. The van der Waals surface area contributed by atoms with E-state index < -0.39 is 0 Å². The molecule has 0 aromatic heterocycles. The van der Waals surface area contributed by atoms with Gasteiger partial charge in [0, 0.05) is 12.7 Å². The van der Waals surface area contributed by atoms with Crippen LogP contribution in [-0.4, -0.2) is 7.05 Å². The third kappa shape index (κ3) is 2.14. The van der Waals surface area contributed by atoms with Crippen LogP contribution in [0.25, 0.3) is 0 Å². The first-order valence-electron chi connectivity index (χ1n) is 4.53. The molecule has 2 heteroatoms. The number of hydrogen-bond acceptors (Lipinski definition) is 2. The molecule has 0 amide bonds. The maximum Gasteiger partial charge on any atom is 0.118 e. The third-order valence-corrected chi connectivity index (χ3v) is 2.06. The molecule has 0 spiro atoms. The van der Waals surface area contributed by atoms with Crippen molar-refractivity contribution in [3.05, 3.63) is 41.6 Å². The summed E-state index contributed by atoms with van der Waals surface area (Å²) in [6.45, 7) is 3.88. The summed E-state index contributed by atoms with van der Waals surface area (Å²) in [7, 11) is 1.90. The van der Waals surface area contributed by atoms with Crippen molar-refractivity contribution in [2.24, 2.45) is 0 Å². The Kier molecular flexibility index (Phi) is 3.30. The number of para-hydroxylation sites is 1. The maximum atomic E-state index is 8.98. The molecule has 0 saturated heterocycles. The van der Waals surface area contributed by atoms with Gasteiger partial charge in [-0.25, -0.2) is 0 Å². The number of nitrogens with zero attached hydrogens (tertiary/aromatic N) is 2. The standard InChI is InChI=1S/C12H14N2/c1-10(2)12(9-13)14(3)11-7-5-4-6-8-11/h4-8H,1-3H3. The molecule has 0 bridgehead atoms. The fourth-order valence-electron chi connectivity index (χ4n) is 1.30. The van der Waals surface area contributed by atoms with E-state index in [2.05, 4.69) is 6.07 Å². The van der Waals surface area contributed by atoms with Crippen molar-refractivity contribution in [2.75, 3.05) is 11.9 Å². The Morgan fingerprint density at radius 2 is 1.79 bits per heavy atom. The molecule has 0 atom stereocenters. The van der Waals surface area contributed by atoms with Crippen molar-refractivity contribution < 1.29 is 0 Å². The Morgan fingerprint density at radius 3 is 2.21 bits per heavy atom. The van der Waals surface area contributed by atoms with Crippen LogP contribution >= 0.6 is 0 Å². The van der Waals surface area contributed by atoms with Crippen molar-refractivity contribution in [3.63, 3.8) is 0 Å². The molecule has 0 radical (unpaired) electrons. The Bertz CT molecular complexity index is 367. The van der Waals surface area contributed by atoms with E-state index in [1.165, 1.54) is 0 Å². The molecule has 0 saturated carbocycles. The molecule has 1 rings (SSSR count). The molecular weight excluding hydrogens is 172 g/mol. The fourth-order valence-corrected chi connectivity index (χ4v) is 1.30. The summed E-state index contributed by atoms with van der Waals surface area (Å²) in [4.78, 5) is 1.90. The minimum atomic E-state index is 0.705. The van der Waals surface area contributed by atoms with Crippen LogP contribution in [0.2, 0.25) is 0 Å². The predicted octanol–water partition coefficient (Wildman–Crippen LogP) is 2.94. The Morgan fingerprint density at radius 1 is 1.21 bits per heavy atom. The van der Waals surface area contributed by atoms with Gasteiger partial charge < -0.3 is 4.90 Å². The second-order valence-electron chi connectivity index (χ2n) is 3.35. The average molecular weight is 186 g/mol. The van der Waals surface area contributed by atoms with E-state index in [1.807, 2.05) is 56.1 Å². The van der Waals surface area contributed by atoms with Gasteiger partial charge in [-0.05, 0) is 31.6 Å². The van der Waals surface area contributed by atoms with Crippen molar-refractivity contribution >= 4 is 5.69 Å². The van der Waals surface area contributed by atoms with Gasteiger partial charge >= 0.3 is 0 Å². The number of hydrogen-bond donors (Lipinski definition) is 0. The number of nitriles is 1. The molecule has 0 unspecified atom stereocenters. The zero-order chi connectivity index (χ0) is 10.6. The SMILES string of the molecule is CC(C)=C(C#N)N(C)c1ccccc1. The lowest BCUT2D eigenvalue weighted by Gasteiger charge is -2.18. The normalized spacial score (nSPS) is 9.00. The van der Waals surface area contributed by atoms with Gasteiger partial charge in [-0.2, -0.15) is 5.26 Å². The second kappa shape index (κ2) is 4.48. The van der Waals surface area contributed by atoms with E-state index >= 15 is 0 Å². The van der Waals surface area contributed by atoms with E-state index in [-0.39, 0.29) is 0 Å². The highest BCUT2D eigenvalue weighted by molar-refractivity contribution is 5.55. The van der Waals surface area contributed by atoms with Crippen molar-refractivity contribution in [3.8, 4) is 6.07 Å². The Balaban J connectivity index is 3.03. The molecule has 0 aliphatic heterocycles. The molecule has 0 N–H and O–H groups in total. The van der Waals surface area contributed by atoms with Crippen LogP contribution in [0.5, 0.6) is 0 Å². The first-order chi connectivity index (χ1) is 6.66. The van der Waals surface area contributed by atoms with Crippen molar-refractivity contribution in [1.29, 1.82) is 5.26 Å². The van der Waals surface area contributed by atoms with Crippen molar-refractivity contribution in [1.82, 2.24) is 0 Å². The van der Waals surface area contributed by atoms with Crippen LogP contribution in [0.3, 0.4) is 0 Å². The van der Waals surface area contributed by atoms with E-state index in [0.717, 1.165) is 11.3 Å². The Labute approximate surface area is 85.1 Å². The van der Waals surface area contributed by atoms with E-state index in [9.17, 15) is 0 Å². The largest absolute Gasteiger partial charge is 0.336 e. The summed E-state index contributed by atoms with van der Waals surface area (Å²) in [5, 5.41) is 8.98. The van der Waals surface area contributed by atoms with Crippen LogP contribution in [-0.2, 0) is 0 Å². The minimum absolute atomic E-state index is 0.705. The van der Waals surface area contributed by atoms with Crippen LogP contribution in [0, 0.1) is 11.3 Å². The summed E-state index contributed by atoms with van der Waals surface area (Å²) >= 11 is 0. The van der Waals surface area contributed by atoms with Crippen LogP contribution < -0.4 is 4.90 Å². The van der Waals surface area contributed by atoms with E-state index in [1.54, 1.807) is 0 Å². The smallest absolute Gasteiger partial charge is 0.118 e. The summed E-state index contributed by atoms with van der Waals surface area (Å²) in [5.41, 5.74) is 2.76. The highest BCUT2D eigenvalue weighted by Gasteiger charge is 2.06.